The van der Waals surface area contributed by atoms with Crippen molar-refractivity contribution in [2.75, 3.05) is 18.6 Å². The van der Waals surface area contributed by atoms with E-state index in [1.807, 2.05) is 6.26 Å². The van der Waals surface area contributed by atoms with Gasteiger partial charge in [0.2, 0.25) is 29.5 Å². The number of carbonyl (C=O) groups excluding carboxylic acids is 5. The number of primary amides is 2. The number of carboxylic acid groups (broad SMARTS) is 1. The van der Waals surface area contributed by atoms with Gasteiger partial charge in [-0.15, -0.1) is 0 Å². The zero-order valence-electron chi connectivity index (χ0n) is 21.3. The molecule has 38 heavy (non-hydrogen) atoms. The number of hydrogen-bond acceptors (Lipinski definition) is 9. The van der Waals surface area contributed by atoms with E-state index in [1.165, 1.54) is 11.8 Å². The highest BCUT2D eigenvalue weighted by Gasteiger charge is 2.30. The number of aliphatic carboxylic acids is 1. The number of nitrogens with zero attached hydrogens (tertiary/aromatic N) is 1. The van der Waals surface area contributed by atoms with E-state index in [0.717, 1.165) is 0 Å². The highest BCUT2D eigenvalue weighted by atomic mass is 32.2. The number of thioether (sulfide) groups is 1. The largest absolute Gasteiger partial charge is 0.480 e. The predicted molar refractivity (Wildman–Crippen MR) is 141 cm³/mol. The summed E-state index contributed by atoms with van der Waals surface area (Å²) in [6.07, 6.45) is 1.42. The molecule has 16 nitrogen and oxygen atoms in total. The summed E-state index contributed by atoms with van der Waals surface area (Å²) in [6.45, 7) is 0.109. The van der Waals surface area contributed by atoms with Crippen LogP contribution in [0.25, 0.3) is 0 Å². The van der Waals surface area contributed by atoms with Crippen LogP contribution in [0.1, 0.15) is 44.9 Å². The van der Waals surface area contributed by atoms with Crippen molar-refractivity contribution in [1.29, 1.82) is 0 Å². The van der Waals surface area contributed by atoms with Crippen LogP contribution in [0.4, 0.5) is 0 Å². The van der Waals surface area contributed by atoms with Crippen molar-refractivity contribution in [1.82, 2.24) is 16.0 Å². The topological polar surface area (TPSA) is 301 Å². The van der Waals surface area contributed by atoms with Gasteiger partial charge in [0.1, 0.15) is 18.1 Å². The molecule has 4 atom stereocenters. The third-order valence-corrected chi connectivity index (χ3v) is 5.80. The molecule has 0 saturated carbocycles. The van der Waals surface area contributed by atoms with E-state index in [1.54, 1.807) is 0 Å². The van der Waals surface area contributed by atoms with Crippen LogP contribution in [-0.2, 0) is 28.8 Å². The van der Waals surface area contributed by atoms with Crippen molar-refractivity contribution in [3.05, 3.63) is 0 Å². The Morgan fingerprint density at radius 2 is 1.24 bits per heavy atom. The van der Waals surface area contributed by atoms with Gasteiger partial charge in [-0.1, -0.05) is 0 Å². The average molecular weight is 562 g/mol. The molecule has 14 N–H and O–H groups in total. The third kappa shape index (κ3) is 15.5. The zero-order valence-corrected chi connectivity index (χ0v) is 22.1. The second-order valence-electron chi connectivity index (χ2n) is 8.37. The van der Waals surface area contributed by atoms with E-state index in [4.69, 9.17) is 28.7 Å². The lowest BCUT2D eigenvalue weighted by molar-refractivity contribution is -0.142. The van der Waals surface area contributed by atoms with Crippen molar-refractivity contribution >= 4 is 53.2 Å². The molecule has 0 rings (SSSR count). The Balaban J connectivity index is 5.69. The zero-order chi connectivity index (χ0) is 29.3. The Labute approximate surface area is 224 Å². The van der Waals surface area contributed by atoms with Crippen molar-refractivity contribution in [3.8, 4) is 0 Å². The Hall–Kier alpha value is -3.60. The quantitative estimate of drug-likeness (QED) is 0.0394. The molecule has 0 aromatic carbocycles. The van der Waals surface area contributed by atoms with Crippen LogP contribution in [0.5, 0.6) is 0 Å². The summed E-state index contributed by atoms with van der Waals surface area (Å²) in [4.78, 5) is 76.2. The van der Waals surface area contributed by atoms with Gasteiger partial charge in [-0.05, 0) is 44.1 Å². The van der Waals surface area contributed by atoms with Gasteiger partial charge in [-0.2, -0.15) is 11.8 Å². The second-order valence-corrected chi connectivity index (χ2v) is 9.35. The Kier molecular flexibility index (Phi) is 16.9. The van der Waals surface area contributed by atoms with Crippen LogP contribution in [-0.4, -0.2) is 89.3 Å². The van der Waals surface area contributed by atoms with Gasteiger partial charge in [0, 0.05) is 19.4 Å². The molecule has 4 unspecified atom stereocenters. The van der Waals surface area contributed by atoms with Crippen LogP contribution < -0.4 is 44.6 Å². The number of hydrogen-bond donors (Lipinski definition) is 9. The monoisotopic (exact) mass is 561 g/mol. The minimum Gasteiger partial charge on any atom is -0.480 e. The fourth-order valence-electron chi connectivity index (χ4n) is 3.07. The first kappa shape index (κ1) is 34.4. The standard InChI is InChI=1S/C21H39N9O7S/c1-38-10-8-11(22)17(33)28-13(4-6-15(23)31)19(35)29-12(3-2-9-27-21(25)26)18(34)30-14(20(36)37)5-7-16(24)32/h11-14H,2-10,22H2,1H3,(H2,23,31)(H2,24,32)(H,28,33)(H,29,35)(H,30,34)(H,36,37)(H4,25,26,27). The number of amides is 5. The first-order chi connectivity index (χ1) is 17.8. The van der Waals surface area contributed by atoms with E-state index in [9.17, 15) is 33.9 Å². The maximum atomic E-state index is 13.1. The molecule has 0 aliphatic rings. The van der Waals surface area contributed by atoms with Crippen LogP contribution >= 0.6 is 11.8 Å². The summed E-state index contributed by atoms with van der Waals surface area (Å²) >= 11 is 1.48. The van der Waals surface area contributed by atoms with Crippen LogP contribution in [0.3, 0.4) is 0 Å². The predicted octanol–water partition coefficient (Wildman–Crippen LogP) is -3.81. The molecule has 5 amide bonds. The summed E-state index contributed by atoms with van der Waals surface area (Å²) in [6, 6.07) is -4.89. The third-order valence-electron chi connectivity index (χ3n) is 5.15. The molecule has 0 bridgehead atoms. The van der Waals surface area contributed by atoms with Crippen molar-refractivity contribution in [2.24, 2.45) is 33.7 Å². The number of carbonyl (C=O) groups is 6. The Bertz CT molecular complexity index is 868. The van der Waals surface area contributed by atoms with Gasteiger partial charge in [0.15, 0.2) is 5.96 Å². The number of rotatable bonds is 20. The van der Waals surface area contributed by atoms with Crippen molar-refractivity contribution < 1.29 is 33.9 Å². The van der Waals surface area contributed by atoms with Crippen molar-refractivity contribution in [3.63, 3.8) is 0 Å². The SMILES string of the molecule is CSCCC(N)C(=O)NC(CCC(N)=O)C(=O)NC(CCCN=C(N)N)C(=O)NC(CCC(N)=O)C(=O)O. The Morgan fingerprint density at radius 3 is 1.71 bits per heavy atom. The Morgan fingerprint density at radius 1 is 0.763 bits per heavy atom. The summed E-state index contributed by atoms with van der Waals surface area (Å²) in [7, 11) is 0. The van der Waals surface area contributed by atoms with E-state index in [2.05, 4.69) is 20.9 Å². The molecule has 0 radical (unpaired) electrons. The molecule has 0 aromatic rings. The summed E-state index contributed by atoms with van der Waals surface area (Å²) < 4.78 is 0. The smallest absolute Gasteiger partial charge is 0.326 e. The fraction of sp³-hybridized carbons (Fsp3) is 0.667. The molecule has 0 fully saturated rings. The minimum atomic E-state index is -1.45. The van der Waals surface area contributed by atoms with Crippen LogP contribution in [0, 0.1) is 0 Å². The molecular formula is C21H39N9O7S. The number of nitrogens with two attached hydrogens (primary N) is 5. The normalized spacial score (nSPS) is 13.7. The lowest BCUT2D eigenvalue weighted by Crippen LogP contribution is -2.57. The van der Waals surface area contributed by atoms with Crippen LogP contribution in [0.2, 0.25) is 0 Å². The highest BCUT2D eigenvalue weighted by Crippen LogP contribution is 2.06. The van der Waals surface area contributed by atoms with Gasteiger partial charge >= 0.3 is 5.97 Å². The summed E-state index contributed by atoms with van der Waals surface area (Å²) in [5.74, 6) is -4.76. The van der Waals surface area contributed by atoms with Gasteiger partial charge in [-0.25, -0.2) is 4.79 Å². The number of nitrogens with one attached hydrogen (secondary N) is 3. The molecule has 0 saturated heterocycles. The maximum absolute atomic E-state index is 13.1. The van der Waals surface area contributed by atoms with Crippen molar-refractivity contribution in [2.45, 2.75) is 69.1 Å². The van der Waals surface area contributed by atoms with Gasteiger partial charge < -0.3 is 49.7 Å². The number of carboxylic acids is 1. The second kappa shape index (κ2) is 18.6. The highest BCUT2D eigenvalue weighted by molar-refractivity contribution is 7.98. The fourth-order valence-corrected chi connectivity index (χ4v) is 3.56. The van der Waals surface area contributed by atoms with E-state index < -0.39 is 59.7 Å². The molecule has 216 valence electrons. The first-order valence-corrected chi connectivity index (χ1v) is 13.2. The summed E-state index contributed by atoms with van der Waals surface area (Å²) in [5.41, 5.74) is 26.7. The van der Waals surface area contributed by atoms with Gasteiger partial charge in [0.05, 0.1) is 6.04 Å². The maximum Gasteiger partial charge on any atom is 0.326 e. The average Bonchev–Trinajstić information content (AvgIpc) is 2.83. The molecule has 17 heteroatoms. The number of aliphatic imine (C=N–C) groups is 1. The molecule has 0 spiro atoms. The lowest BCUT2D eigenvalue weighted by atomic mass is 10.1. The minimum absolute atomic E-state index is 0.0137. The molecular weight excluding hydrogens is 522 g/mol. The first-order valence-electron chi connectivity index (χ1n) is 11.8. The van der Waals surface area contributed by atoms with E-state index >= 15 is 0 Å². The molecule has 0 aliphatic carbocycles. The van der Waals surface area contributed by atoms with E-state index in [-0.39, 0.29) is 51.0 Å². The number of guanidine groups is 1. The van der Waals surface area contributed by atoms with Gasteiger partial charge in [0.25, 0.3) is 0 Å². The van der Waals surface area contributed by atoms with E-state index in [0.29, 0.717) is 12.2 Å². The molecule has 0 aromatic heterocycles. The molecule has 0 heterocycles. The lowest BCUT2D eigenvalue weighted by Gasteiger charge is -2.25. The van der Waals surface area contributed by atoms with Crippen LogP contribution in [0.15, 0.2) is 4.99 Å². The molecule has 0 aliphatic heterocycles. The van der Waals surface area contributed by atoms with Gasteiger partial charge in [-0.3, -0.25) is 29.0 Å². The summed E-state index contributed by atoms with van der Waals surface area (Å²) in [5, 5.41) is 16.6.